The molecule has 0 heteroatoms. The Morgan fingerprint density at radius 2 is 0.613 bits per heavy atom. The van der Waals surface area contributed by atoms with Crippen LogP contribution < -0.4 is 0 Å². The first kappa shape index (κ1) is 31.0. The average molecular weight is 436 g/mol. The minimum Gasteiger partial charge on any atom is -0.0654 e. The number of hydrogen-bond acceptors (Lipinski definition) is 0. The second-order valence-electron chi connectivity index (χ2n) is 10.5. The molecular formula is C31H63. The van der Waals surface area contributed by atoms with Gasteiger partial charge in [0.1, 0.15) is 0 Å². The van der Waals surface area contributed by atoms with Crippen LogP contribution in [0.5, 0.6) is 0 Å². The fourth-order valence-electron chi connectivity index (χ4n) is 5.09. The molecular weight excluding hydrogens is 372 g/mol. The van der Waals surface area contributed by atoms with Gasteiger partial charge >= 0.3 is 0 Å². The fraction of sp³-hybridized carbons (Fsp3) is 0.968. The summed E-state index contributed by atoms with van der Waals surface area (Å²) < 4.78 is 0. The normalized spacial score (nSPS) is 12.5. The van der Waals surface area contributed by atoms with E-state index in [1.807, 2.05) is 0 Å². The van der Waals surface area contributed by atoms with Gasteiger partial charge in [0.05, 0.1) is 0 Å². The standard InChI is InChI=1S/C31H63/c1-4-7-9-11-13-15-17-19-21-23-25-27-30-31(28-6-3)29-26-24-22-20-18-16-14-12-10-8-5-2/h31H,3-30H2,1-2H3. The van der Waals surface area contributed by atoms with Crippen LogP contribution in [0.1, 0.15) is 187 Å². The molecule has 0 bridgehead atoms. The maximum absolute atomic E-state index is 4.14. The minimum atomic E-state index is 0.971. The van der Waals surface area contributed by atoms with Gasteiger partial charge in [0.2, 0.25) is 0 Å². The second kappa shape index (κ2) is 28.0. The van der Waals surface area contributed by atoms with Crippen LogP contribution in [0.3, 0.4) is 0 Å². The average Bonchev–Trinajstić information content (AvgIpc) is 2.78. The molecule has 0 aliphatic heterocycles. The lowest BCUT2D eigenvalue weighted by Crippen LogP contribution is -2.00. The van der Waals surface area contributed by atoms with E-state index in [9.17, 15) is 0 Å². The SMILES string of the molecule is [CH2]CCC(CCCCCCCCCCCCC)CCCCCCCCCCCCCC. The lowest BCUT2D eigenvalue weighted by molar-refractivity contribution is 0.381. The summed E-state index contributed by atoms with van der Waals surface area (Å²) in [5, 5.41) is 0. The topological polar surface area (TPSA) is 0 Å². The Morgan fingerprint density at radius 3 is 0.871 bits per heavy atom. The number of unbranched alkanes of at least 4 members (excludes halogenated alkanes) is 21. The summed E-state index contributed by atoms with van der Waals surface area (Å²) in [7, 11) is 0. The van der Waals surface area contributed by atoms with Crippen molar-refractivity contribution in [3.63, 3.8) is 0 Å². The van der Waals surface area contributed by atoms with Gasteiger partial charge in [-0.05, 0) is 5.92 Å². The lowest BCUT2D eigenvalue weighted by atomic mass is 9.90. The summed E-state index contributed by atoms with van der Waals surface area (Å²) >= 11 is 0. The Kier molecular flexibility index (Phi) is 28.0. The Morgan fingerprint density at radius 1 is 0.355 bits per heavy atom. The van der Waals surface area contributed by atoms with Gasteiger partial charge in [-0.3, -0.25) is 0 Å². The monoisotopic (exact) mass is 435 g/mol. The van der Waals surface area contributed by atoms with Crippen molar-refractivity contribution in [3.05, 3.63) is 6.92 Å². The minimum absolute atomic E-state index is 0.971. The van der Waals surface area contributed by atoms with Gasteiger partial charge in [-0.25, -0.2) is 0 Å². The summed E-state index contributed by atoms with van der Waals surface area (Å²) in [5.41, 5.74) is 0. The molecule has 0 saturated carbocycles. The van der Waals surface area contributed by atoms with E-state index < -0.39 is 0 Å². The molecule has 0 rings (SSSR count). The molecule has 1 atom stereocenters. The largest absolute Gasteiger partial charge is 0.0654 e. The Labute approximate surface area is 200 Å². The molecule has 0 N–H and O–H groups in total. The summed E-state index contributed by atoms with van der Waals surface area (Å²) in [6.07, 6.45) is 39.1. The van der Waals surface area contributed by atoms with Gasteiger partial charge in [-0.1, -0.05) is 194 Å². The molecule has 187 valence electrons. The van der Waals surface area contributed by atoms with Crippen LogP contribution in [-0.4, -0.2) is 0 Å². The molecule has 0 amide bonds. The zero-order chi connectivity index (χ0) is 22.7. The number of rotatable bonds is 27. The third-order valence-electron chi connectivity index (χ3n) is 7.29. The van der Waals surface area contributed by atoms with Crippen LogP contribution in [0.25, 0.3) is 0 Å². The highest BCUT2D eigenvalue weighted by atomic mass is 14.1. The van der Waals surface area contributed by atoms with Gasteiger partial charge in [-0.2, -0.15) is 0 Å². The van der Waals surface area contributed by atoms with E-state index >= 15 is 0 Å². The van der Waals surface area contributed by atoms with Crippen molar-refractivity contribution in [2.75, 3.05) is 0 Å². The van der Waals surface area contributed by atoms with Crippen LogP contribution in [0.2, 0.25) is 0 Å². The predicted molar refractivity (Wildman–Crippen MR) is 145 cm³/mol. The first-order chi connectivity index (χ1) is 15.3. The molecule has 0 aliphatic rings. The van der Waals surface area contributed by atoms with Gasteiger partial charge in [0, 0.05) is 0 Å². The maximum Gasteiger partial charge on any atom is -0.0414 e. The van der Waals surface area contributed by atoms with Crippen molar-refractivity contribution < 1.29 is 0 Å². The van der Waals surface area contributed by atoms with Gasteiger partial charge in [0.15, 0.2) is 0 Å². The highest BCUT2D eigenvalue weighted by Crippen LogP contribution is 2.23. The van der Waals surface area contributed by atoms with Crippen LogP contribution in [0.15, 0.2) is 0 Å². The van der Waals surface area contributed by atoms with Gasteiger partial charge in [-0.15, -0.1) is 0 Å². The summed E-state index contributed by atoms with van der Waals surface area (Å²) in [6, 6.07) is 0. The van der Waals surface area contributed by atoms with E-state index in [-0.39, 0.29) is 0 Å². The maximum atomic E-state index is 4.14. The van der Waals surface area contributed by atoms with Crippen LogP contribution in [0.4, 0.5) is 0 Å². The molecule has 0 aromatic heterocycles. The van der Waals surface area contributed by atoms with E-state index in [0.717, 1.165) is 12.3 Å². The van der Waals surface area contributed by atoms with Crippen molar-refractivity contribution in [2.24, 2.45) is 5.92 Å². The summed E-state index contributed by atoms with van der Waals surface area (Å²) in [5.74, 6) is 0.971. The molecule has 0 aromatic carbocycles. The van der Waals surface area contributed by atoms with E-state index in [4.69, 9.17) is 0 Å². The summed E-state index contributed by atoms with van der Waals surface area (Å²) in [4.78, 5) is 0. The Hall–Kier alpha value is 0. The molecule has 0 aliphatic carbocycles. The highest BCUT2D eigenvalue weighted by molar-refractivity contribution is 4.62. The third-order valence-corrected chi connectivity index (χ3v) is 7.29. The first-order valence-corrected chi connectivity index (χ1v) is 15.1. The van der Waals surface area contributed by atoms with Crippen LogP contribution in [-0.2, 0) is 0 Å². The molecule has 0 heterocycles. The molecule has 1 unspecified atom stereocenters. The molecule has 1 radical (unpaired) electrons. The molecule has 0 saturated heterocycles. The van der Waals surface area contributed by atoms with E-state index in [2.05, 4.69) is 20.8 Å². The van der Waals surface area contributed by atoms with Crippen LogP contribution in [0, 0.1) is 12.8 Å². The van der Waals surface area contributed by atoms with E-state index in [0.29, 0.717) is 0 Å². The van der Waals surface area contributed by atoms with Crippen molar-refractivity contribution >= 4 is 0 Å². The van der Waals surface area contributed by atoms with Crippen molar-refractivity contribution in [2.45, 2.75) is 187 Å². The summed E-state index contributed by atoms with van der Waals surface area (Å²) in [6.45, 7) is 8.75. The van der Waals surface area contributed by atoms with Crippen molar-refractivity contribution in [3.8, 4) is 0 Å². The van der Waals surface area contributed by atoms with Gasteiger partial charge in [0.25, 0.3) is 0 Å². The third kappa shape index (κ3) is 26.1. The van der Waals surface area contributed by atoms with E-state index in [1.165, 1.54) is 167 Å². The van der Waals surface area contributed by atoms with Crippen LogP contribution >= 0.6 is 0 Å². The zero-order valence-electron chi connectivity index (χ0n) is 22.4. The quantitative estimate of drug-likeness (QED) is 0.112. The number of hydrogen-bond donors (Lipinski definition) is 0. The second-order valence-corrected chi connectivity index (χ2v) is 10.5. The molecule has 31 heavy (non-hydrogen) atoms. The van der Waals surface area contributed by atoms with Crippen molar-refractivity contribution in [1.82, 2.24) is 0 Å². The predicted octanol–water partition coefficient (Wildman–Crippen LogP) is 12.0. The van der Waals surface area contributed by atoms with E-state index in [1.54, 1.807) is 0 Å². The van der Waals surface area contributed by atoms with Gasteiger partial charge < -0.3 is 0 Å². The first-order valence-electron chi connectivity index (χ1n) is 15.1. The molecule has 0 nitrogen and oxygen atoms in total. The fourth-order valence-corrected chi connectivity index (χ4v) is 5.09. The highest BCUT2D eigenvalue weighted by Gasteiger charge is 2.07. The Bertz CT molecular complexity index is 294. The molecule has 0 aromatic rings. The Balaban J connectivity index is 3.39. The molecule has 0 fully saturated rings. The zero-order valence-corrected chi connectivity index (χ0v) is 22.4. The van der Waals surface area contributed by atoms with Crippen molar-refractivity contribution in [1.29, 1.82) is 0 Å². The smallest absolute Gasteiger partial charge is 0.0414 e. The lowest BCUT2D eigenvalue weighted by Gasteiger charge is -2.16. The molecule has 0 spiro atoms.